The zero-order valence-electron chi connectivity index (χ0n) is 16.3. The largest absolute Gasteiger partial charge is 0.465 e. The zero-order valence-corrected chi connectivity index (χ0v) is 17.0. The van der Waals surface area contributed by atoms with E-state index in [2.05, 4.69) is 4.90 Å². The molecule has 2 amide bonds. The molecule has 1 saturated heterocycles. The molecule has 2 aromatic rings. The van der Waals surface area contributed by atoms with Crippen LogP contribution in [-0.2, 0) is 17.9 Å². The molecule has 29 heavy (non-hydrogen) atoms. The van der Waals surface area contributed by atoms with Gasteiger partial charge in [-0.15, -0.1) is 0 Å². The Kier molecular flexibility index (Phi) is 6.82. The number of amides is 2. The first-order valence-electron chi connectivity index (χ1n) is 9.37. The van der Waals surface area contributed by atoms with Crippen molar-refractivity contribution in [3.63, 3.8) is 0 Å². The van der Waals surface area contributed by atoms with Crippen LogP contribution >= 0.6 is 11.6 Å². The number of anilines is 1. The average Bonchev–Trinajstić information content (AvgIpc) is 2.74. The van der Waals surface area contributed by atoms with Crippen LogP contribution < -0.4 is 4.90 Å². The van der Waals surface area contributed by atoms with E-state index in [1.165, 1.54) is 9.80 Å². The summed E-state index contributed by atoms with van der Waals surface area (Å²) in [6.45, 7) is 2.67. The number of nitrogens with zero attached hydrogens (tertiary/aromatic N) is 3. The molecule has 8 heteroatoms. The molecule has 2 aromatic carbocycles. The van der Waals surface area contributed by atoms with Crippen molar-refractivity contribution >= 4 is 29.5 Å². The highest BCUT2D eigenvalue weighted by atomic mass is 35.5. The minimum atomic E-state index is -0.892. The summed E-state index contributed by atoms with van der Waals surface area (Å²) >= 11 is 6.34. The molecule has 1 aliphatic rings. The molecule has 1 N–H and O–H groups in total. The lowest BCUT2D eigenvalue weighted by molar-refractivity contribution is 0.103. The zero-order chi connectivity index (χ0) is 20.8. The van der Waals surface area contributed by atoms with Crippen molar-refractivity contribution in [3.8, 4) is 0 Å². The third-order valence-electron chi connectivity index (χ3n) is 4.87. The van der Waals surface area contributed by atoms with Gasteiger partial charge in [0.2, 0.25) is 0 Å². The number of carboxylic acid groups (broad SMARTS) is 1. The first-order valence-corrected chi connectivity index (χ1v) is 9.75. The van der Waals surface area contributed by atoms with Crippen LogP contribution in [0.5, 0.6) is 0 Å². The number of carbonyl (C=O) groups excluding carboxylic acids is 1. The number of rotatable bonds is 5. The van der Waals surface area contributed by atoms with Gasteiger partial charge in [-0.05, 0) is 29.3 Å². The van der Waals surface area contributed by atoms with Crippen LogP contribution in [0.2, 0.25) is 5.02 Å². The smallest absolute Gasteiger partial charge is 0.410 e. The second-order valence-corrected chi connectivity index (χ2v) is 7.34. The molecule has 0 unspecified atom stereocenters. The van der Waals surface area contributed by atoms with Crippen LogP contribution in [0.15, 0.2) is 48.5 Å². The first kappa shape index (κ1) is 20.8. The van der Waals surface area contributed by atoms with Crippen LogP contribution in [0.25, 0.3) is 0 Å². The lowest BCUT2D eigenvalue weighted by Crippen LogP contribution is -2.48. The summed E-state index contributed by atoms with van der Waals surface area (Å²) in [5.41, 5.74) is 2.69. The molecule has 0 atom stereocenters. The topological polar surface area (TPSA) is 73.3 Å². The fraction of sp³-hybridized carbons (Fsp3) is 0.333. The predicted octanol–water partition coefficient (Wildman–Crippen LogP) is 3.91. The van der Waals surface area contributed by atoms with Gasteiger partial charge in [-0.1, -0.05) is 41.9 Å². The highest BCUT2D eigenvalue weighted by Crippen LogP contribution is 2.25. The van der Waals surface area contributed by atoms with Crippen molar-refractivity contribution in [1.82, 2.24) is 9.80 Å². The Hall–Kier alpha value is -2.93. The Morgan fingerprint density at radius 2 is 1.79 bits per heavy atom. The maximum Gasteiger partial charge on any atom is 0.410 e. The first-order chi connectivity index (χ1) is 13.9. The van der Waals surface area contributed by atoms with Crippen LogP contribution in [0.1, 0.15) is 11.1 Å². The third kappa shape index (κ3) is 5.54. The second-order valence-electron chi connectivity index (χ2n) is 6.93. The Morgan fingerprint density at radius 1 is 1.10 bits per heavy atom. The van der Waals surface area contributed by atoms with E-state index in [9.17, 15) is 9.59 Å². The summed E-state index contributed by atoms with van der Waals surface area (Å²) in [7, 11) is 1.67. The standard InChI is InChI=1S/C21H24ClN3O4/c1-23(21(28)29-15-16-5-3-2-4-6-16)14-17-13-18(7-8-19(17)22)24-9-11-25(12-10-24)20(26)27/h2-8,13H,9-12,14-15H2,1H3,(H,26,27). The van der Waals surface area contributed by atoms with Gasteiger partial charge in [-0.2, -0.15) is 0 Å². The fourth-order valence-corrected chi connectivity index (χ4v) is 3.36. The molecule has 0 aromatic heterocycles. The van der Waals surface area contributed by atoms with Gasteiger partial charge in [0.1, 0.15) is 6.61 Å². The van der Waals surface area contributed by atoms with Gasteiger partial charge in [0, 0.05) is 43.9 Å². The monoisotopic (exact) mass is 417 g/mol. The summed E-state index contributed by atoms with van der Waals surface area (Å²) < 4.78 is 5.36. The summed E-state index contributed by atoms with van der Waals surface area (Å²) in [5, 5.41) is 9.65. The molecular weight excluding hydrogens is 394 g/mol. The summed E-state index contributed by atoms with van der Waals surface area (Å²) in [5.74, 6) is 0. The quantitative estimate of drug-likeness (QED) is 0.798. The molecule has 1 fully saturated rings. The molecule has 0 spiro atoms. The molecule has 0 aliphatic carbocycles. The van der Waals surface area contributed by atoms with E-state index >= 15 is 0 Å². The second kappa shape index (κ2) is 9.52. The minimum absolute atomic E-state index is 0.214. The van der Waals surface area contributed by atoms with Gasteiger partial charge in [0.05, 0.1) is 6.54 Å². The number of hydrogen-bond donors (Lipinski definition) is 1. The lowest BCUT2D eigenvalue weighted by atomic mass is 10.1. The van der Waals surface area contributed by atoms with Crippen molar-refractivity contribution < 1.29 is 19.4 Å². The van der Waals surface area contributed by atoms with Crippen molar-refractivity contribution in [1.29, 1.82) is 0 Å². The molecule has 1 heterocycles. The number of halogens is 1. The average molecular weight is 418 g/mol. The maximum atomic E-state index is 12.3. The minimum Gasteiger partial charge on any atom is -0.465 e. The van der Waals surface area contributed by atoms with Crippen molar-refractivity contribution in [3.05, 3.63) is 64.7 Å². The Bertz CT molecular complexity index is 854. The maximum absolute atomic E-state index is 12.3. The number of carbonyl (C=O) groups is 2. The summed E-state index contributed by atoms with van der Waals surface area (Å²) in [6, 6.07) is 15.2. The van der Waals surface area contributed by atoms with Gasteiger partial charge in [0.15, 0.2) is 0 Å². The molecular formula is C21H24ClN3O4. The molecule has 1 aliphatic heterocycles. The summed E-state index contributed by atoms with van der Waals surface area (Å²) in [4.78, 5) is 28.4. The van der Waals surface area contributed by atoms with Crippen molar-refractivity contribution in [2.45, 2.75) is 13.2 Å². The van der Waals surface area contributed by atoms with E-state index in [1.807, 2.05) is 42.5 Å². The lowest BCUT2D eigenvalue weighted by Gasteiger charge is -2.35. The van der Waals surface area contributed by atoms with E-state index in [0.29, 0.717) is 37.7 Å². The van der Waals surface area contributed by atoms with E-state index in [0.717, 1.165) is 16.8 Å². The molecule has 3 rings (SSSR count). The van der Waals surface area contributed by atoms with E-state index < -0.39 is 12.2 Å². The van der Waals surface area contributed by atoms with Crippen LogP contribution in [-0.4, -0.2) is 60.3 Å². The van der Waals surface area contributed by atoms with E-state index in [4.69, 9.17) is 21.4 Å². The van der Waals surface area contributed by atoms with Gasteiger partial charge in [0.25, 0.3) is 0 Å². The van der Waals surface area contributed by atoms with E-state index in [1.54, 1.807) is 13.1 Å². The molecule has 7 nitrogen and oxygen atoms in total. The number of ether oxygens (including phenoxy) is 1. The van der Waals surface area contributed by atoms with Crippen molar-refractivity contribution in [2.24, 2.45) is 0 Å². The van der Waals surface area contributed by atoms with Crippen LogP contribution in [0, 0.1) is 0 Å². The third-order valence-corrected chi connectivity index (χ3v) is 5.24. The van der Waals surface area contributed by atoms with Gasteiger partial charge < -0.3 is 24.5 Å². The number of hydrogen-bond acceptors (Lipinski definition) is 4. The highest BCUT2D eigenvalue weighted by Gasteiger charge is 2.21. The number of benzene rings is 2. The highest BCUT2D eigenvalue weighted by molar-refractivity contribution is 6.31. The molecule has 154 valence electrons. The van der Waals surface area contributed by atoms with E-state index in [-0.39, 0.29) is 6.61 Å². The van der Waals surface area contributed by atoms with Gasteiger partial charge in [-0.3, -0.25) is 0 Å². The Balaban J connectivity index is 1.59. The Morgan fingerprint density at radius 3 is 2.45 bits per heavy atom. The SMILES string of the molecule is CN(Cc1cc(N2CCN(C(=O)O)CC2)ccc1Cl)C(=O)OCc1ccccc1. The molecule has 0 bridgehead atoms. The fourth-order valence-electron chi connectivity index (χ4n) is 3.18. The van der Waals surface area contributed by atoms with Gasteiger partial charge in [-0.25, -0.2) is 9.59 Å². The van der Waals surface area contributed by atoms with Gasteiger partial charge >= 0.3 is 12.2 Å². The normalized spacial score (nSPS) is 13.9. The van der Waals surface area contributed by atoms with Crippen LogP contribution in [0.3, 0.4) is 0 Å². The number of piperazine rings is 1. The van der Waals surface area contributed by atoms with Crippen LogP contribution in [0.4, 0.5) is 15.3 Å². The molecule has 0 radical (unpaired) electrons. The molecule has 0 saturated carbocycles. The predicted molar refractivity (Wildman–Crippen MR) is 111 cm³/mol. The summed E-state index contributed by atoms with van der Waals surface area (Å²) in [6.07, 6.45) is -1.32. The Labute approximate surface area is 175 Å². The van der Waals surface area contributed by atoms with Crippen molar-refractivity contribution in [2.75, 3.05) is 38.1 Å².